The van der Waals surface area contributed by atoms with Gasteiger partial charge in [0, 0.05) is 11.8 Å². The van der Waals surface area contributed by atoms with E-state index in [1.807, 2.05) is 0 Å². The number of unbranched alkanes of at least 4 members (excludes halogenated alkanes) is 3. The van der Waals surface area contributed by atoms with Gasteiger partial charge in [0.05, 0.1) is 0 Å². The third kappa shape index (κ3) is 8.00. The Hall–Kier alpha value is -0.510. The molecule has 4 fully saturated rings. The number of halogens is 1. The molecule has 4 rings (SSSR count). The lowest BCUT2D eigenvalue weighted by atomic mass is 9.65. The maximum Gasteiger partial charge on any atom is 0.100 e. The van der Waals surface area contributed by atoms with Crippen LogP contribution >= 0.6 is 0 Å². The van der Waals surface area contributed by atoms with E-state index < -0.39 is 6.17 Å². The summed E-state index contributed by atoms with van der Waals surface area (Å²) in [4.78, 5) is 0. The third-order valence-electron chi connectivity index (χ3n) is 10.4. The molecule has 0 aliphatic heterocycles. The Labute approximate surface area is 205 Å². The van der Waals surface area contributed by atoms with Crippen LogP contribution in [0.25, 0.3) is 0 Å². The Balaban J connectivity index is 1.10. The summed E-state index contributed by atoms with van der Waals surface area (Å²) in [5, 5.41) is 0. The van der Waals surface area contributed by atoms with Crippen molar-refractivity contribution in [1.82, 2.24) is 0 Å². The van der Waals surface area contributed by atoms with Gasteiger partial charge in [-0.05, 0) is 119 Å². The van der Waals surface area contributed by atoms with Gasteiger partial charge in [-0.3, -0.25) is 0 Å². The molecule has 0 radical (unpaired) electrons. The molecule has 0 nitrogen and oxygen atoms in total. The van der Waals surface area contributed by atoms with E-state index in [1.54, 1.807) is 12.8 Å². The molecule has 0 aromatic rings. The van der Waals surface area contributed by atoms with Gasteiger partial charge in [0.1, 0.15) is 6.17 Å². The molecule has 0 heterocycles. The average molecular weight is 457 g/mol. The summed E-state index contributed by atoms with van der Waals surface area (Å²) in [5.74, 6) is 13.5. The molecule has 0 bridgehead atoms. The van der Waals surface area contributed by atoms with Crippen LogP contribution in [0, 0.1) is 53.3 Å². The SMILES string of the molecule is CCCCCCC1CCC(C2CCC(C3CCC(C#CC4CCC(F)CC4)CC3)CC2)CC1. The molecule has 4 aliphatic rings. The van der Waals surface area contributed by atoms with Crippen molar-refractivity contribution in [2.45, 2.75) is 148 Å². The van der Waals surface area contributed by atoms with Gasteiger partial charge in [-0.25, -0.2) is 4.39 Å². The molecule has 0 unspecified atom stereocenters. The minimum Gasteiger partial charge on any atom is -0.247 e. The lowest BCUT2D eigenvalue weighted by molar-refractivity contribution is 0.107. The first-order valence-electron chi connectivity index (χ1n) is 15.4. The summed E-state index contributed by atoms with van der Waals surface area (Å²) in [6, 6.07) is 0. The Morgan fingerprint density at radius 3 is 1.42 bits per heavy atom. The second kappa shape index (κ2) is 13.5. The van der Waals surface area contributed by atoms with Gasteiger partial charge in [-0.15, -0.1) is 0 Å². The molecule has 33 heavy (non-hydrogen) atoms. The largest absolute Gasteiger partial charge is 0.247 e. The fourth-order valence-corrected chi connectivity index (χ4v) is 8.06. The van der Waals surface area contributed by atoms with Crippen molar-refractivity contribution in [3.05, 3.63) is 0 Å². The number of hydrogen-bond acceptors (Lipinski definition) is 0. The van der Waals surface area contributed by atoms with Crippen molar-refractivity contribution in [3.8, 4) is 11.8 Å². The Morgan fingerprint density at radius 2 is 0.939 bits per heavy atom. The molecule has 0 saturated heterocycles. The van der Waals surface area contributed by atoms with Crippen LogP contribution in [-0.4, -0.2) is 6.17 Å². The zero-order valence-electron chi connectivity index (χ0n) is 21.8. The van der Waals surface area contributed by atoms with E-state index in [9.17, 15) is 4.39 Å². The Morgan fingerprint density at radius 1 is 0.515 bits per heavy atom. The Bertz CT molecular complexity index is 582. The molecule has 0 amide bonds. The smallest absolute Gasteiger partial charge is 0.100 e. The molecule has 0 spiro atoms. The van der Waals surface area contributed by atoms with E-state index in [1.165, 1.54) is 96.3 Å². The molecule has 0 atom stereocenters. The highest BCUT2D eigenvalue weighted by molar-refractivity contribution is 5.09. The van der Waals surface area contributed by atoms with E-state index in [0.717, 1.165) is 55.3 Å². The quantitative estimate of drug-likeness (QED) is 0.264. The summed E-state index contributed by atoms with van der Waals surface area (Å²) < 4.78 is 13.3. The second-order valence-electron chi connectivity index (χ2n) is 12.7. The van der Waals surface area contributed by atoms with E-state index in [4.69, 9.17) is 0 Å². The van der Waals surface area contributed by atoms with Crippen LogP contribution in [0.5, 0.6) is 0 Å². The standard InChI is InChI=1S/C32H53F/c1-2-3-4-5-6-25-9-15-28(16-10-25)30-19-21-31(22-20-30)29-17-11-26(12-18-29)7-8-27-13-23-32(33)24-14-27/h25-32H,2-6,9-24H2,1H3. The monoisotopic (exact) mass is 456 g/mol. The topological polar surface area (TPSA) is 0 Å². The maximum atomic E-state index is 13.3. The molecular formula is C32H53F. The van der Waals surface area contributed by atoms with Crippen molar-refractivity contribution in [2.75, 3.05) is 0 Å². The molecular weight excluding hydrogens is 403 g/mol. The first-order chi connectivity index (χ1) is 16.2. The van der Waals surface area contributed by atoms with Gasteiger partial charge >= 0.3 is 0 Å². The summed E-state index contributed by atoms with van der Waals surface area (Å²) in [6.45, 7) is 2.32. The van der Waals surface area contributed by atoms with Crippen LogP contribution in [0.2, 0.25) is 0 Å². The number of rotatable bonds is 7. The van der Waals surface area contributed by atoms with Crippen LogP contribution in [0.1, 0.15) is 142 Å². The maximum absolute atomic E-state index is 13.3. The minimum atomic E-state index is -0.552. The molecule has 4 saturated carbocycles. The molecule has 188 valence electrons. The van der Waals surface area contributed by atoms with Gasteiger partial charge in [-0.1, -0.05) is 63.7 Å². The van der Waals surface area contributed by atoms with Crippen molar-refractivity contribution in [2.24, 2.45) is 41.4 Å². The van der Waals surface area contributed by atoms with E-state index in [-0.39, 0.29) is 0 Å². The fraction of sp³-hybridized carbons (Fsp3) is 0.938. The highest BCUT2D eigenvalue weighted by Gasteiger charge is 2.34. The van der Waals surface area contributed by atoms with Crippen LogP contribution in [0.15, 0.2) is 0 Å². The van der Waals surface area contributed by atoms with Gasteiger partial charge < -0.3 is 0 Å². The summed E-state index contributed by atoms with van der Waals surface area (Å²) in [6.07, 6.45) is 28.0. The fourth-order valence-electron chi connectivity index (χ4n) is 8.06. The van der Waals surface area contributed by atoms with Crippen molar-refractivity contribution in [1.29, 1.82) is 0 Å². The third-order valence-corrected chi connectivity index (χ3v) is 10.4. The van der Waals surface area contributed by atoms with Crippen molar-refractivity contribution >= 4 is 0 Å². The van der Waals surface area contributed by atoms with E-state index >= 15 is 0 Å². The lowest BCUT2D eigenvalue weighted by Crippen LogP contribution is -2.29. The van der Waals surface area contributed by atoms with Crippen LogP contribution in [-0.2, 0) is 0 Å². The molecule has 0 aromatic heterocycles. The Kier molecular flexibility index (Phi) is 10.5. The predicted octanol–water partition coefficient (Wildman–Crippen LogP) is 9.91. The summed E-state index contributed by atoms with van der Waals surface area (Å²) >= 11 is 0. The summed E-state index contributed by atoms with van der Waals surface area (Å²) in [5.41, 5.74) is 0. The average Bonchev–Trinajstić information content (AvgIpc) is 2.87. The van der Waals surface area contributed by atoms with Gasteiger partial charge in [0.25, 0.3) is 0 Å². The van der Waals surface area contributed by atoms with E-state index in [2.05, 4.69) is 18.8 Å². The second-order valence-corrected chi connectivity index (χ2v) is 12.7. The number of alkyl halides is 1. The normalized spacial score (nSPS) is 40.1. The van der Waals surface area contributed by atoms with Crippen LogP contribution in [0.3, 0.4) is 0 Å². The first kappa shape index (κ1) is 25.6. The lowest BCUT2D eigenvalue weighted by Gasteiger charge is -2.41. The van der Waals surface area contributed by atoms with Gasteiger partial charge in [-0.2, -0.15) is 0 Å². The molecule has 0 N–H and O–H groups in total. The predicted molar refractivity (Wildman–Crippen MR) is 140 cm³/mol. The van der Waals surface area contributed by atoms with Gasteiger partial charge in [0.15, 0.2) is 0 Å². The highest BCUT2D eigenvalue weighted by Crippen LogP contribution is 2.46. The van der Waals surface area contributed by atoms with Crippen LogP contribution in [0.4, 0.5) is 4.39 Å². The molecule has 0 aromatic carbocycles. The molecule has 4 aliphatic carbocycles. The minimum absolute atomic E-state index is 0.487. The van der Waals surface area contributed by atoms with Crippen LogP contribution < -0.4 is 0 Å². The first-order valence-corrected chi connectivity index (χ1v) is 15.4. The highest BCUT2D eigenvalue weighted by atomic mass is 19.1. The zero-order valence-corrected chi connectivity index (χ0v) is 21.8. The summed E-state index contributed by atoms with van der Waals surface area (Å²) in [7, 11) is 0. The van der Waals surface area contributed by atoms with Crippen molar-refractivity contribution < 1.29 is 4.39 Å². The van der Waals surface area contributed by atoms with Gasteiger partial charge in [0.2, 0.25) is 0 Å². The molecule has 1 heteroatoms. The number of hydrogen-bond donors (Lipinski definition) is 0. The van der Waals surface area contributed by atoms with E-state index in [0.29, 0.717) is 11.8 Å². The zero-order chi connectivity index (χ0) is 22.9. The van der Waals surface area contributed by atoms with Crippen molar-refractivity contribution in [3.63, 3.8) is 0 Å².